The van der Waals surface area contributed by atoms with Crippen molar-refractivity contribution in [3.05, 3.63) is 0 Å². The first-order chi connectivity index (χ1) is 6.22. The minimum Gasteiger partial charge on any atom is -0.343 e. The lowest BCUT2D eigenvalue weighted by Gasteiger charge is -2.20. The number of hydrogen-bond donors (Lipinski definition) is 1. The van der Waals surface area contributed by atoms with E-state index in [0.29, 0.717) is 0 Å². The first kappa shape index (κ1) is 12.4. The Labute approximate surface area is 81.5 Å². The Balaban J connectivity index is 3.51. The summed E-state index contributed by atoms with van der Waals surface area (Å²) in [6.45, 7) is 9.62. The van der Waals surface area contributed by atoms with E-state index in [9.17, 15) is 4.79 Å². The zero-order valence-electron chi connectivity index (χ0n) is 9.10. The highest BCUT2D eigenvalue weighted by atomic mass is 16.2. The van der Waals surface area contributed by atoms with Gasteiger partial charge in [-0.2, -0.15) is 0 Å². The summed E-state index contributed by atoms with van der Waals surface area (Å²) in [5, 5.41) is 3.25. The summed E-state index contributed by atoms with van der Waals surface area (Å²) in [5.74, 6) is 0.193. The number of carbonyl (C=O) groups is 1. The molecule has 1 N–H and O–H groups in total. The molecule has 0 aliphatic rings. The van der Waals surface area contributed by atoms with Gasteiger partial charge in [-0.25, -0.2) is 0 Å². The Bertz CT molecular complexity index is 137. The molecule has 0 rings (SSSR count). The van der Waals surface area contributed by atoms with Crippen molar-refractivity contribution >= 4 is 5.91 Å². The third kappa shape index (κ3) is 6.58. The summed E-state index contributed by atoms with van der Waals surface area (Å²) in [5.41, 5.74) is 0. The molecule has 0 aliphatic carbocycles. The van der Waals surface area contributed by atoms with Gasteiger partial charge >= 0.3 is 0 Å². The molecule has 0 radical (unpaired) electrons. The Hall–Kier alpha value is -0.570. The van der Waals surface area contributed by atoms with Gasteiger partial charge in [0, 0.05) is 20.0 Å². The lowest BCUT2D eigenvalue weighted by atomic mass is 10.3. The van der Waals surface area contributed by atoms with Crippen molar-refractivity contribution in [1.82, 2.24) is 10.2 Å². The number of hydrogen-bond acceptors (Lipinski definition) is 2. The van der Waals surface area contributed by atoms with Crippen LogP contribution in [0.5, 0.6) is 0 Å². The Morgan fingerprint density at radius 2 is 2.00 bits per heavy atom. The van der Waals surface area contributed by atoms with Crippen molar-refractivity contribution in [2.45, 2.75) is 33.6 Å². The number of nitrogens with one attached hydrogen (secondary N) is 1. The second kappa shape index (κ2) is 8.05. The average molecular weight is 186 g/mol. The Morgan fingerprint density at radius 3 is 2.46 bits per heavy atom. The van der Waals surface area contributed by atoms with Gasteiger partial charge < -0.3 is 10.2 Å². The quantitative estimate of drug-likeness (QED) is 0.607. The maximum Gasteiger partial charge on any atom is 0.219 e. The van der Waals surface area contributed by atoms with Gasteiger partial charge in [-0.05, 0) is 25.9 Å². The van der Waals surface area contributed by atoms with E-state index < -0.39 is 0 Å². The molecule has 0 fully saturated rings. The first-order valence-corrected chi connectivity index (χ1v) is 5.18. The summed E-state index contributed by atoms with van der Waals surface area (Å²) in [6.07, 6.45) is 2.09. The second-order valence-corrected chi connectivity index (χ2v) is 3.21. The number of nitrogens with zero attached hydrogens (tertiary/aromatic N) is 1. The van der Waals surface area contributed by atoms with Gasteiger partial charge in [-0.3, -0.25) is 4.79 Å². The minimum absolute atomic E-state index is 0.193. The van der Waals surface area contributed by atoms with Crippen LogP contribution in [0.3, 0.4) is 0 Å². The van der Waals surface area contributed by atoms with Gasteiger partial charge in [0.05, 0.1) is 0 Å². The van der Waals surface area contributed by atoms with Gasteiger partial charge in [0.15, 0.2) is 0 Å². The molecule has 13 heavy (non-hydrogen) atoms. The molecular formula is C10H22N2O. The third-order valence-corrected chi connectivity index (χ3v) is 1.97. The fourth-order valence-corrected chi connectivity index (χ4v) is 1.27. The summed E-state index contributed by atoms with van der Waals surface area (Å²) in [7, 11) is 0. The van der Waals surface area contributed by atoms with E-state index in [2.05, 4.69) is 19.2 Å². The predicted octanol–water partition coefficient (Wildman–Crippen LogP) is 1.24. The molecule has 0 aliphatic heterocycles. The molecule has 1 amide bonds. The van der Waals surface area contributed by atoms with Crippen LogP contribution in [-0.2, 0) is 4.79 Å². The van der Waals surface area contributed by atoms with Crippen LogP contribution >= 0.6 is 0 Å². The van der Waals surface area contributed by atoms with Crippen molar-refractivity contribution in [1.29, 1.82) is 0 Å². The van der Waals surface area contributed by atoms with Crippen LogP contribution in [0.4, 0.5) is 0 Å². The highest BCUT2D eigenvalue weighted by molar-refractivity contribution is 5.73. The fraction of sp³-hybridized carbons (Fsp3) is 0.900. The molecule has 0 saturated carbocycles. The molecule has 3 heteroatoms. The molecule has 0 unspecified atom stereocenters. The zero-order valence-corrected chi connectivity index (χ0v) is 9.10. The summed E-state index contributed by atoms with van der Waals surface area (Å²) in [4.78, 5) is 13.0. The Morgan fingerprint density at radius 1 is 1.31 bits per heavy atom. The van der Waals surface area contributed by atoms with E-state index in [1.807, 2.05) is 4.90 Å². The van der Waals surface area contributed by atoms with Gasteiger partial charge in [0.25, 0.3) is 0 Å². The van der Waals surface area contributed by atoms with E-state index in [1.54, 1.807) is 6.92 Å². The van der Waals surface area contributed by atoms with Crippen LogP contribution in [0.25, 0.3) is 0 Å². The Kier molecular flexibility index (Phi) is 7.69. The molecule has 0 saturated heterocycles. The van der Waals surface area contributed by atoms with Crippen molar-refractivity contribution in [3.63, 3.8) is 0 Å². The molecule has 0 aromatic carbocycles. The molecular weight excluding hydrogens is 164 g/mol. The minimum atomic E-state index is 0.193. The number of amides is 1. The SMILES string of the molecule is CCCN(CCCNCC)C(C)=O. The van der Waals surface area contributed by atoms with Crippen molar-refractivity contribution in [3.8, 4) is 0 Å². The molecule has 3 nitrogen and oxygen atoms in total. The highest BCUT2D eigenvalue weighted by Crippen LogP contribution is 1.94. The summed E-state index contributed by atoms with van der Waals surface area (Å²) < 4.78 is 0. The van der Waals surface area contributed by atoms with E-state index in [4.69, 9.17) is 0 Å². The van der Waals surface area contributed by atoms with Crippen LogP contribution in [0.15, 0.2) is 0 Å². The summed E-state index contributed by atoms with van der Waals surface area (Å²) in [6, 6.07) is 0. The van der Waals surface area contributed by atoms with Crippen LogP contribution in [-0.4, -0.2) is 37.0 Å². The molecule has 0 atom stereocenters. The molecule has 78 valence electrons. The average Bonchev–Trinajstić information content (AvgIpc) is 2.10. The largest absolute Gasteiger partial charge is 0.343 e. The predicted molar refractivity (Wildman–Crippen MR) is 55.7 cm³/mol. The van der Waals surface area contributed by atoms with E-state index in [-0.39, 0.29) is 5.91 Å². The normalized spacial score (nSPS) is 10.1. The highest BCUT2D eigenvalue weighted by Gasteiger charge is 2.05. The standard InChI is InChI=1S/C10H22N2O/c1-4-8-12(10(3)13)9-6-7-11-5-2/h11H,4-9H2,1-3H3. The number of carbonyl (C=O) groups excluding carboxylic acids is 1. The van der Waals surface area contributed by atoms with Gasteiger partial charge in [-0.15, -0.1) is 0 Å². The second-order valence-electron chi connectivity index (χ2n) is 3.21. The first-order valence-electron chi connectivity index (χ1n) is 5.18. The van der Waals surface area contributed by atoms with Gasteiger partial charge in [0.1, 0.15) is 0 Å². The lowest BCUT2D eigenvalue weighted by Crippen LogP contribution is -2.32. The van der Waals surface area contributed by atoms with E-state index >= 15 is 0 Å². The molecule has 0 aromatic heterocycles. The van der Waals surface area contributed by atoms with Gasteiger partial charge in [-0.1, -0.05) is 13.8 Å². The maximum atomic E-state index is 11.1. The van der Waals surface area contributed by atoms with E-state index in [0.717, 1.165) is 39.0 Å². The molecule has 0 aromatic rings. The fourth-order valence-electron chi connectivity index (χ4n) is 1.27. The van der Waals surface area contributed by atoms with Crippen LogP contribution in [0.2, 0.25) is 0 Å². The van der Waals surface area contributed by atoms with Crippen molar-refractivity contribution in [2.24, 2.45) is 0 Å². The molecule has 0 bridgehead atoms. The topological polar surface area (TPSA) is 32.3 Å². The van der Waals surface area contributed by atoms with E-state index in [1.165, 1.54) is 0 Å². The third-order valence-electron chi connectivity index (χ3n) is 1.97. The maximum absolute atomic E-state index is 11.1. The van der Waals surface area contributed by atoms with Crippen molar-refractivity contribution < 1.29 is 4.79 Å². The lowest BCUT2D eigenvalue weighted by molar-refractivity contribution is -0.128. The number of rotatable bonds is 7. The van der Waals surface area contributed by atoms with Crippen molar-refractivity contribution in [2.75, 3.05) is 26.2 Å². The summed E-state index contributed by atoms with van der Waals surface area (Å²) >= 11 is 0. The molecule has 0 spiro atoms. The zero-order chi connectivity index (χ0) is 10.1. The van der Waals surface area contributed by atoms with Crippen LogP contribution in [0, 0.1) is 0 Å². The van der Waals surface area contributed by atoms with Crippen LogP contribution < -0.4 is 5.32 Å². The van der Waals surface area contributed by atoms with Gasteiger partial charge in [0.2, 0.25) is 5.91 Å². The van der Waals surface area contributed by atoms with Crippen LogP contribution in [0.1, 0.15) is 33.6 Å². The molecule has 0 heterocycles. The monoisotopic (exact) mass is 186 g/mol. The smallest absolute Gasteiger partial charge is 0.219 e.